The molecule has 1 aliphatic rings. The van der Waals surface area contributed by atoms with Crippen molar-refractivity contribution >= 4 is 11.6 Å². The van der Waals surface area contributed by atoms with Gasteiger partial charge in [0, 0.05) is 24.3 Å². The Labute approximate surface area is 114 Å². The summed E-state index contributed by atoms with van der Waals surface area (Å²) in [6.45, 7) is 7.94. The molecule has 0 bridgehead atoms. The normalized spacial score (nSPS) is 15.8. The Balaban J connectivity index is 2.20. The van der Waals surface area contributed by atoms with Crippen LogP contribution in [-0.2, 0) is 10.2 Å². The number of anilines is 1. The number of rotatable bonds is 3. The maximum absolute atomic E-state index is 11.9. The molecule has 1 saturated heterocycles. The van der Waals surface area contributed by atoms with Crippen molar-refractivity contribution in [2.75, 3.05) is 25.5 Å². The molecule has 0 atom stereocenters. The summed E-state index contributed by atoms with van der Waals surface area (Å²) >= 11 is 0. The van der Waals surface area contributed by atoms with E-state index in [0.29, 0.717) is 0 Å². The first kappa shape index (κ1) is 13.9. The molecule has 0 spiro atoms. The number of methoxy groups -OCH3 is 1. The van der Waals surface area contributed by atoms with Gasteiger partial charge in [0.2, 0.25) is 5.91 Å². The summed E-state index contributed by atoms with van der Waals surface area (Å²) in [6, 6.07) is 5.80. The minimum Gasteiger partial charge on any atom is -0.496 e. The number of benzene rings is 1. The largest absolute Gasteiger partial charge is 0.496 e. The molecule has 1 aromatic carbocycles. The van der Waals surface area contributed by atoms with E-state index in [1.54, 1.807) is 7.11 Å². The second-order valence-electron chi connectivity index (χ2n) is 6.01. The highest BCUT2D eigenvalue weighted by Gasteiger charge is 2.25. The molecule has 1 aliphatic heterocycles. The maximum atomic E-state index is 11.9. The van der Waals surface area contributed by atoms with Gasteiger partial charge in [-0.15, -0.1) is 0 Å². The van der Waals surface area contributed by atoms with Crippen LogP contribution < -0.4 is 15.4 Å². The number of hydrogen-bond donors (Lipinski definition) is 2. The van der Waals surface area contributed by atoms with E-state index in [0.717, 1.165) is 30.1 Å². The molecule has 2 rings (SSSR count). The van der Waals surface area contributed by atoms with Gasteiger partial charge in [-0.3, -0.25) is 4.79 Å². The molecule has 1 fully saturated rings. The Kier molecular flexibility index (Phi) is 3.80. The van der Waals surface area contributed by atoms with Gasteiger partial charge in [0.1, 0.15) is 5.75 Å². The fourth-order valence-electron chi connectivity index (χ4n) is 2.09. The molecular formula is C15H22N2O2. The SMILES string of the molecule is COc1ccc(NC(=O)C2CNC2)cc1C(C)(C)C. The summed E-state index contributed by atoms with van der Waals surface area (Å²) in [7, 11) is 1.67. The van der Waals surface area contributed by atoms with E-state index in [-0.39, 0.29) is 17.2 Å². The molecule has 0 saturated carbocycles. The van der Waals surface area contributed by atoms with Crippen LogP contribution in [0.25, 0.3) is 0 Å². The van der Waals surface area contributed by atoms with Crippen molar-refractivity contribution in [3.8, 4) is 5.75 Å². The second kappa shape index (κ2) is 5.21. The van der Waals surface area contributed by atoms with Crippen molar-refractivity contribution in [1.82, 2.24) is 5.32 Å². The third kappa shape index (κ3) is 3.07. The first-order valence-corrected chi connectivity index (χ1v) is 6.62. The van der Waals surface area contributed by atoms with Gasteiger partial charge in [-0.2, -0.15) is 0 Å². The van der Waals surface area contributed by atoms with Gasteiger partial charge < -0.3 is 15.4 Å². The first-order valence-electron chi connectivity index (χ1n) is 6.62. The van der Waals surface area contributed by atoms with Crippen LogP contribution in [0.4, 0.5) is 5.69 Å². The van der Waals surface area contributed by atoms with Crippen LogP contribution in [0, 0.1) is 5.92 Å². The lowest BCUT2D eigenvalue weighted by molar-refractivity contribution is -0.121. The smallest absolute Gasteiger partial charge is 0.230 e. The van der Waals surface area contributed by atoms with Gasteiger partial charge in [-0.25, -0.2) is 0 Å². The predicted octanol–water partition coefficient (Wildman–Crippen LogP) is 2.15. The fourth-order valence-corrected chi connectivity index (χ4v) is 2.09. The van der Waals surface area contributed by atoms with Crippen LogP contribution in [-0.4, -0.2) is 26.1 Å². The van der Waals surface area contributed by atoms with Crippen molar-refractivity contribution in [3.63, 3.8) is 0 Å². The fraction of sp³-hybridized carbons (Fsp3) is 0.533. The molecule has 4 nitrogen and oxygen atoms in total. The van der Waals surface area contributed by atoms with E-state index < -0.39 is 0 Å². The molecule has 2 N–H and O–H groups in total. The van der Waals surface area contributed by atoms with Crippen molar-refractivity contribution < 1.29 is 9.53 Å². The lowest BCUT2D eigenvalue weighted by atomic mass is 9.86. The lowest BCUT2D eigenvalue weighted by Gasteiger charge is -2.27. The molecule has 4 heteroatoms. The number of carbonyl (C=O) groups excluding carboxylic acids is 1. The van der Waals surface area contributed by atoms with Gasteiger partial charge in [0.25, 0.3) is 0 Å². The zero-order chi connectivity index (χ0) is 14.0. The minimum absolute atomic E-state index is 0.0237. The second-order valence-corrected chi connectivity index (χ2v) is 6.01. The van der Waals surface area contributed by atoms with Crippen molar-refractivity contribution in [2.45, 2.75) is 26.2 Å². The van der Waals surface area contributed by atoms with Crippen LogP contribution in [0.5, 0.6) is 5.75 Å². The van der Waals surface area contributed by atoms with E-state index in [9.17, 15) is 4.79 Å². The highest BCUT2D eigenvalue weighted by Crippen LogP contribution is 2.33. The average Bonchev–Trinajstić information content (AvgIpc) is 2.25. The topological polar surface area (TPSA) is 50.4 Å². The molecule has 0 radical (unpaired) electrons. The molecule has 19 heavy (non-hydrogen) atoms. The number of carbonyl (C=O) groups is 1. The molecule has 1 heterocycles. The Morgan fingerprint density at radius 2 is 2.05 bits per heavy atom. The molecule has 0 unspecified atom stereocenters. The van der Waals surface area contributed by atoms with Crippen molar-refractivity contribution in [2.24, 2.45) is 5.92 Å². The minimum atomic E-state index is -0.0237. The number of hydrogen-bond acceptors (Lipinski definition) is 3. The van der Waals surface area contributed by atoms with E-state index in [1.165, 1.54) is 0 Å². The third-order valence-corrected chi connectivity index (χ3v) is 3.43. The van der Waals surface area contributed by atoms with E-state index >= 15 is 0 Å². The third-order valence-electron chi connectivity index (χ3n) is 3.43. The Morgan fingerprint density at radius 1 is 1.37 bits per heavy atom. The van der Waals surface area contributed by atoms with Gasteiger partial charge in [0.05, 0.1) is 13.0 Å². The first-order chi connectivity index (χ1) is 8.91. The molecule has 1 amide bonds. The monoisotopic (exact) mass is 262 g/mol. The molecular weight excluding hydrogens is 240 g/mol. The Hall–Kier alpha value is -1.55. The van der Waals surface area contributed by atoms with Crippen LogP contribution in [0.2, 0.25) is 0 Å². The van der Waals surface area contributed by atoms with Crippen molar-refractivity contribution in [1.29, 1.82) is 0 Å². The van der Waals surface area contributed by atoms with Crippen LogP contribution in [0.15, 0.2) is 18.2 Å². The summed E-state index contributed by atoms with van der Waals surface area (Å²) in [5.74, 6) is 1.04. The highest BCUT2D eigenvalue weighted by atomic mass is 16.5. The van der Waals surface area contributed by atoms with Crippen LogP contribution in [0.1, 0.15) is 26.3 Å². The summed E-state index contributed by atoms with van der Waals surface area (Å²) in [5, 5.41) is 6.07. The summed E-state index contributed by atoms with van der Waals surface area (Å²) in [6.07, 6.45) is 0. The van der Waals surface area contributed by atoms with E-state index in [1.807, 2.05) is 18.2 Å². The summed E-state index contributed by atoms with van der Waals surface area (Å²) < 4.78 is 5.39. The number of amides is 1. The number of nitrogens with one attached hydrogen (secondary N) is 2. The summed E-state index contributed by atoms with van der Waals surface area (Å²) in [4.78, 5) is 11.9. The molecule has 104 valence electrons. The highest BCUT2D eigenvalue weighted by molar-refractivity contribution is 5.93. The van der Waals surface area contributed by atoms with Crippen LogP contribution in [0.3, 0.4) is 0 Å². The quantitative estimate of drug-likeness (QED) is 0.877. The number of ether oxygens (including phenoxy) is 1. The molecule has 1 aromatic rings. The van der Waals surface area contributed by atoms with E-state index in [2.05, 4.69) is 31.4 Å². The average molecular weight is 262 g/mol. The molecule has 0 aromatic heterocycles. The standard InChI is InChI=1S/C15H22N2O2/c1-15(2,3)12-7-11(5-6-13(12)19-4)17-14(18)10-8-16-9-10/h5-7,10,16H,8-9H2,1-4H3,(H,17,18). The van der Waals surface area contributed by atoms with E-state index in [4.69, 9.17) is 4.74 Å². The van der Waals surface area contributed by atoms with Crippen LogP contribution >= 0.6 is 0 Å². The zero-order valence-corrected chi connectivity index (χ0v) is 12.0. The lowest BCUT2D eigenvalue weighted by Crippen LogP contribution is -2.48. The Bertz CT molecular complexity index is 474. The van der Waals surface area contributed by atoms with Gasteiger partial charge in [0.15, 0.2) is 0 Å². The summed E-state index contributed by atoms with van der Waals surface area (Å²) in [5.41, 5.74) is 1.91. The van der Waals surface area contributed by atoms with Gasteiger partial charge >= 0.3 is 0 Å². The predicted molar refractivity (Wildman–Crippen MR) is 76.7 cm³/mol. The van der Waals surface area contributed by atoms with Gasteiger partial charge in [-0.1, -0.05) is 20.8 Å². The van der Waals surface area contributed by atoms with Gasteiger partial charge in [-0.05, 0) is 23.6 Å². The van der Waals surface area contributed by atoms with Crippen molar-refractivity contribution in [3.05, 3.63) is 23.8 Å². The molecule has 0 aliphatic carbocycles. The zero-order valence-electron chi connectivity index (χ0n) is 12.0. The maximum Gasteiger partial charge on any atom is 0.230 e. The Morgan fingerprint density at radius 3 is 2.53 bits per heavy atom.